The molecule has 0 atom stereocenters. The maximum Gasteiger partial charge on any atom is 0.416 e. The SMILES string of the molecule is CN=C(NCCCOCC1CCOCC1)NCCNC(=O)c1ccc(C(F)(F)F)cc1. The summed E-state index contributed by atoms with van der Waals surface area (Å²) in [6.45, 7) is 4.51. The standard InChI is InChI=1S/C21H31F3N4O3/c1-25-20(27-9-2-12-31-15-16-7-13-30-14-8-16)28-11-10-26-19(29)17-3-5-18(6-4-17)21(22,23)24/h3-6,16H,2,7-15H2,1H3,(H,26,29)(H2,25,27,28). The summed E-state index contributed by atoms with van der Waals surface area (Å²) in [6, 6.07) is 4.12. The van der Waals surface area contributed by atoms with E-state index in [2.05, 4.69) is 20.9 Å². The Morgan fingerprint density at radius 3 is 2.39 bits per heavy atom. The van der Waals surface area contributed by atoms with Crippen molar-refractivity contribution >= 4 is 11.9 Å². The average Bonchev–Trinajstić information content (AvgIpc) is 2.77. The Labute approximate surface area is 180 Å². The first-order chi connectivity index (χ1) is 14.9. The van der Waals surface area contributed by atoms with Crippen molar-refractivity contribution in [2.24, 2.45) is 10.9 Å². The van der Waals surface area contributed by atoms with Crippen LogP contribution in [0.1, 0.15) is 35.2 Å². The number of halogens is 3. The van der Waals surface area contributed by atoms with Crippen LogP contribution in [0.5, 0.6) is 0 Å². The van der Waals surface area contributed by atoms with E-state index in [1.165, 1.54) is 0 Å². The molecule has 7 nitrogen and oxygen atoms in total. The first-order valence-electron chi connectivity index (χ1n) is 10.5. The molecule has 0 unspecified atom stereocenters. The molecule has 1 amide bonds. The highest BCUT2D eigenvalue weighted by molar-refractivity contribution is 5.94. The number of guanidine groups is 1. The van der Waals surface area contributed by atoms with Crippen LogP contribution in [0.3, 0.4) is 0 Å². The highest BCUT2D eigenvalue weighted by Crippen LogP contribution is 2.29. The molecule has 10 heteroatoms. The number of carbonyl (C=O) groups excluding carboxylic acids is 1. The van der Waals surface area contributed by atoms with Crippen LogP contribution in [0.15, 0.2) is 29.3 Å². The lowest BCUT2D eigenvalue weighted by molar-refractivity contribution is -0.137. The molecule has 0 aromatic heterocycles. The van der Waals surface area contributed by atoms with Crippen LogP contribution in [0.4, 0.5) is 13.2 Å². The summed E-state index contributed by atoms with van der Waals surface area (Å²) in [5.74, 6) is 0.766. The van der Waals surface area contributed by atoms with Crippen molar-refractivity contribution in [2.45, 2.75) is 25.4 Å². The highest BCUT2D eigenvalue weighted by atomic mass is 19.4. The second kappa shape index (κ2) is 13.2. The van der Waals surface area contributed by atoms with Gasteiger partial charge < -0.3 is 25.4 Å². The average molecular weight is 444 g/mol. The molecule has 1 heterocycles. The number of alkyl halides is 3. The van der Waals surface area contributed by atoms with Gasteiger partial charge >= 0.3 is 6.18 Å². The zero-order chi connectivity index (χ0) is 22.5. The fourth-order valence-electron chi connectivity index (χ4n) is 3.03. The predicted octanol–water partition coefficient (Wildman–Crippen LogP) is 2.43. The normalized spacial score (nSPS) is 15.5. The van der Waals surface area contributed by atoms with Gasteiger partial charge in [0.05, 0.1) is 5.56 Å². The van der Waals surface area contributed by atoms with Crippen LogP contribution in [0.25, 0.3) is 0 Å². The molecule has 31 heavy (non-hydrogen) atoms. The summed E-state index contributed by atoms with van der Waals surface area (Å²) >= 11 is 0. The molecule has 1 aliphatic rings. The molecular weight excluding hydrogens is 413 g/mol. The molecule has 0 saturated carbocycles. The van der Waals surface area contributed by atoms with Crippen molar-refractivity contribution < 1.29 is 27.4 Å². The van der Waals surface area contributed by atoms with Gasteiger partial charge in [-0.25, -0.2) is 0 Å². The van der Waals surface area contributed by atoms with Crippen molar-refractivity contribution in [3.63, 3.8) is 0 Å². The summed E-state index contributed by atoms with van der Waals surface area (Å²) in [4.78, 5) is 16.1. The monoisotopic (exact) mass is 444 g/mol. The van der Waals surface area contributed by atoms with E-state index in [1.54, 1.807) is 7.05 Å². The quantitative estimate of drug-likeness (QED) is 0.293. The predicted molar refractivity (Wildman–Crippen MR) is 112 cm³/mol. The molecule has 0 aliphatic carbocycles. The lowest BCUT2D eigenvalue weighted by Crippen LogP contribution is -2.42. The van der Waals surface area contributed by atoms with Gasteiger partial charge in [0.15, 0.2) is 5.96 Å². The maximum atomic E-state index is 12.6. The Kier molecular flexibility index (Phi) is 10.6. The molecule has 3 N–H and O–H groups in total. The zero-order valence-electron chi connectivity index (χ0n) is 17.8. The fourth-order valence-corrected chi connectivity index (χ4v) is 3.03. The second-order valence-corrected chi connectivity index (χ2v) is 7.24. The summed E-state index contributed by atoms with van der Waals surface area (Å²) in [5.41, 5.74) is -0.606. The number of carbonyl (C=O) groups is 1. The number of nitrogens with zero attached hydrogens (tertiary/aromatic N) is 1. The Hall–Kier alpha value is -2.33. The van der Waals surface area contributed by atoms with Gasteiger partial charge in [0.2, 0.25) is 0 Å². The molecule has 1 fully saturated rings. The molecule has 1 aliphatic heterocycles. The van der Waals surface area contributed by atoms with Gasteiger partial charge in [-0.3, -0.25) is 9.79 Å². The van der Waals surface area contributed by atoms with Crippen molar-refractivity contribution in [1.29, 1.82) is 0 Å². The lowest BCUT2D eigenvalue weighted by atomic mass is 10.0. The summed E-state index contributed by atoms with van der Waals surface area (Å²) in [5, 5.41) is 8.89. The van der Waals surface area contributed by atoms with Crippen molar-refractivity contribution in [1.82, 2.24) is 16.0 Å². The summed E-state index contributed by atoms with van der Waals surface area (Å²) < 4.78 is 48.7. The lowest BCUT2D eigenvalue weighted by Gasteiger charge is -2.21. The molecule has 0 radical (unpaired) electrons. The third-order valence-corrected chi connectivity index (χ3v) is 4.85. The van der Waals surface area contributed by atoms with E-state index in [1.807, 2.05) is 0 Å². The Bertz CT molecular complexity index is 690. The van der Waals surface area contributed by atoms with Crippen LogP contribution in [0, 0.1) is 5.92 Å². The van der Waals surface area contributed by atoms with E-state index in [-0.39, 0.29) is 5.56 Å². The minimum Gasteiger partial charge on any atom is -0.381 e. The van der Waals surface area contributed by atoms with Crippen LogP contribution >= 0.6 is 0 Å². The molecular formula is C21H31F3N4O3. The van der Waals surface area contributed by atoms with Crippen LogP contribution < -0.4 is 16.0 Å². The van der Waals surface area contributed by atoms with Gasteiger partial charge in [0.1, 0.15) is 0 Å². The van der Waals surface area contributed by atoms with Crippen LogP contribution in [-0.2, 0) is 15.7 Å². The summed E-state index contributed by atoms with van der Waals surface area (Å²) in [6.07, 6.45) is -1.46. The van der Waals surface area contributed by atoms with Crippen molar-refractivity contribution in [2.75, 3.05) is 53.1 Å². The highest BCUT2D eigenvalue weighted by Gasteiger charge is 2.30. The third-order valence-electron chi connectivity index (χ3n) is 4.85. The van der Waals surface area contributed by atoms with Crippen molar-refractivity contribution in [3.05, 3.63) is 35.4 Å². The number of ether oxygens (including phenoxy) is 2. The number of nitrogens with one attached hydrogen (secondary N) is 3. The van der Waals surface area contributed by atoms with E-state index in [0.717, 1.165) is 63.3 Å². The number of benzene rings is 1. The van der Waals surface area contributed by atoms with Crippen LogP contribution in [0.2, 0.25) is 0 Å². The fraction of sp³-hybridized carbons (Fsp3) is 0.619. The van der Waals surface area contributed by atoms with E-state index in [9.17, 15) is 18.0 Å². The number of aliphatic imine (C=N–C) groups is 1. The smallest absolute Gasteiger partial charge is 0.381 e. The van der Waals surface area contributed by atoms with E-state index >= 15 is 0 Å². The Morgan fingerprint density at radius 1 is 1.10 bits per heavy atom. The second-order valence-electron chi connectivity index (χ2n) is 7.24. The maximum absolute atomic E-state index is 12.6. The molecule has 2 rings (SSSR count). The van der Waals surface area contributed by atoms with Gasteiger partial charge in [0.25, 0.3) is 5.91 Å². The number of amides is 1. The van der Waals surface area contributed by atoms with Gasteiger partial charge in [-0.2, -0.15) is 13.2 Å². The van der Waals surface area contributed by atoms with E-state index < -0.39 is 17.6 Å². The number of rotatable bonds is 10. The minimum atomic E-state index is -4.42. The molecule has 0 spiro atoms. The third kappa shape index (κ3) is 9.56. The first-order valence-corrected chi connectivity index (χ1v) is 10.5. The van der Waals surface area contributed by atoms with E-state index in [0.29, 0.717) is 38.1 Å². The molecule has 1 aromatic carbocycles. The van der Waals surface area contributed by atoms with Gasteiger partial charge in [0, 0.05) is 58.7 Å². The topological polar surface area (TPSA) is 84.0 Å². The number of hydrogen-bond acceptors (Lipinski definition) is 4. The zero-order valence-corrected chi connectivity index (χ0v) is 17.8. The van der Waals surface area contributed by atoms with Crippen molar-refractivity contribution in [3.8, 4) is 0 Å². The van der Waals surface area contributed by atoms with Crippen LogP contribution in [-0.4, -0.2) is 65.0 Å². The first kappa shape index (κ1) is 24.9. The molecule has 1 saturated heterocycles. The molecule has 174 valence electrons. The Balaban J connectivity index is 1.54. The number of hydrogen-bond donors (Lipinski definition) is 3. The van der Waals surface area contributed by atoms with E-state index in [4.69, 9.17) is 9.47 Å². The Morgan fingerprint density at radius 2 is 1.74 bits per heavy atom. The molecule has 0 bridgehead atoms. The molecule has 1 aromatic rings. The van der Waals surface area contributed by atoms with Gasteiger partial charge in [-0.05, 0) is 49.4 Å². The van der Waals surface area contributed by atoms with Gasteiger partial charge in [-0.1, -0.05) is 0 Å². The van der Waals surface area contributed by atoms with Gasteiger partial charge in [-0.15, -0.1) is 0 Å². The summed E-state index contributed by atoms with van der Waals surface area (Å²) in [7, 11) is 1.65. The largest absolute Gasteiger partial charge is 0.416 e. The minimum absolute atomic E-state index is 0.177.